The van der Waals surface area contributed by atoms with Crippen LogP contribution in [0.3, 0.4) is 0 Å². The van der Waals surface area contributed by atoms with Crippen LogP contribution in [-0.2, 0) is 17.5 Å². The van der Waals surface area contributed by atoms with Gasteiger partial charge in [-0.15, -0.1) is 11.8 Å². The van der Waals surface area contributed by atoms with Gasteiger partial charge in [-0.2, -0.15) is 18.2 Å². The number of halogens is 6. The maximum absolute atomic E-state index is 15.4. The highest BCUT2D eigenvalue weighted by atomic mass is 35.5. The zero-order valence-electron chi connectivity index (χ0n) is 24.0. The standard InChI is InChI=1S/C30H26ClF5N6O2S/c1-4-24(43)42-15(2)10-40(11-16(42)3)28-19-7-20(30(34,35)36)25(18-8-21(31)23(33)9-22(18)32)27-26(19)41(29(44)38-28)12-17(13-45-27)39-6-5-37-14-39/h4-9,14-17H,1,10-13H2,2-3H3/t15-,16+,17?. The van der Waals surface area contributed by atoms with E-state index in [2.05, 4.69) is 16.5 Å². The molecular weight excluding hydrogens is 639 g/mol. The molecule has 3 atom stereocenters. The lowest BCUT2D eigenvalue weighted by atomic mass is 9.95. The van der Waals surface area contributed by atoms with Gasteiger partial charge in [0.1, 0.15) is 17.5 Å². The number of hydrogen-bond acceptors (Lipinski definition) is 6. The van der Waals surface area contributed by atoms with Crippen molar-refractivity contribution in [2.24, 2.45) is 0 Å². The average molecular weight is 665 g/mol. The first-order chi connectivity index (χ1) is 21.3. The number of carbonyl (C=O) groups excluding carboxylic acids is 1. The maximum Gasteiger partial charge on any atom is 0.417 e. The number of aromatic nitrogens is 4. The minimum atomic E-state index is -4.99. The van der Waals surface area contributed by atoms with Gasteiger partial charge in [0, 0.05) is 77.3 Å². The monoisotopic (exact) mass is 664 g/mol. The molecule has 15 heteroatoms. The molecule has 2 aromatic heterocycles. The van der Waals surface area contributed by atoms with Gasteiger partial charge in [-0.05, 0) is 32.1 Å². The van der Waals surface area contributed by atoms with Crippen LogP contribution in [0.4, 0.5) is 27.8 Å². The smallest absolute Gasteiger partial charge is 0.352 e. The van der Waals surface area contributed by atoms with Crippen LogP contribution in [0.1, 0.15) is 25.5 Å². The molecule has 2 aliphatic rings. The number of piperazine rings is 1. The predicted octanol–water partition coefficient (Wildman–Crippen LogP) is 6.17. The summed E-state index contributed by atoms with van der Waals surface area (Å²) in [5.41, 5.74) is -2.84. The number of rotatable bonds is 4. The van der Waals surface area contributed by atoms with Gasteiger partial charge in [-0.1, -0.05) is 18.2 Å². The minimum Gasteiger partial charge on any atom is -0.352 e. The fraction of sp³-hybridized carbons (Fsp3) is 0.333. The Hall–Kier alpha value is -3.91. The molecule has 4 heterocycles. The molecule has 4 aromatic rings. The molecule has 1 saturated heterocycles. The molecule has 45 heavy (non-hydrogen) atoms. The fourth-order valence-electron chi connectivity index (χ4n) is 6.29. The van der Waals surface area contributed by atoms with E-state index in [1.165, 1.54) is 10.6 Å². The van der Waals surface area contributed by atoms with E-state index < -0.39 is 51.3 Å². The van der Waals surface area contributed by atoms with Crippen LogP contribution in [0.5, 0.6) is 0 Å². The van der Waals surface area contributed by atoms with Crippen molar-refractivity contribution in [1.29, 1.82) is 0 Å². The van der Waals surface area contributed by atoms with Gasteiger partial charge >= 0.3 is 11.9 Å². The van der Waals surface area contributed by atoms with Crippen LogP contribution >= 0.6 is 23.4 Å². The number of alkyl halides is 3. The minimum absolute atomic E-state index is 0.00802. The summed E-state index contributed by atoms with van der Waals surface area (Å²) in [5, 5.41) is -0.513. The van der Waals surface area contributed by atoms with E-state index in [4.69, 9.17) is 11.6 Å². The Balaban J connectivity index is 1.66. The first-order valence-electron chi connectivity index (χ1n) is 13.9. The number of nitrogens with zero attached hydrogens (tertiary/aromatic N) is 6. The number of thioether (sulfide) groups is 1. The second-order valence-corrected chi connectivity index (χ2v) is 12.6. The van der Waals surface area contributed by atoms with Gasteiger partial charge in [-0.3, -0.25) is 9.36 Å². The molecule has 0 bridgehead atoms. The summed E-state index contributed by atoms with van der Waals surface area (Å²) in [5.74, 6) is -2.42. The lowest BCUT2D eigenvalue weighted by Crippen LogP contribution is -2.58. The maximum atomic E-state index is 15.4. The second kappa shape index (κ2) is 11.5. The van der Waals surface area contributed by atoms with E-state index in [9.17, 15) is 27.2 Å². The zero-order valence-corrected chi connectivity index (χ0v) is 25.6. The lowest BCUT2D eigenvalue weighted by molar-refractivity contribution is -0.137. The molecule has 6 rings (SSSR count). The molecular formula is C30H26ClF5N6O2S. The highest BCUT2D eigenvalue weighted by molar-refractivity contribution is 7.99. The fourth-order valence-corrected chi connectivity index (χ4v) is 7.81. The van der Waals surface area contributed by atoms with Crippen LogP contribution in [0.25, 0.3) is 22.0 Å². The van der Waals surface area contributed by atoms with Crippen LogP contribution in [0.15, 0.2) is 59.3 Å². The summed E-state index contributed by atoms with van der Waals surface area (Å²) in [7, 11) is 0. The van der Waals surface area contributed by atoms with Crippen molar-refractivity contribution in [3.05, 3.63) is 82.3 Å². The van der Waals surface area contributed by atoms with Gasteiger partial charge < -0.3 is 14.4 Å². The quantitative estimate of drug-likeness (QED) is 0.148. The third kappa shape index (κ3) is 5.37. The Morgan fingerprint density at radius 1 is 1.11 bits per heavy atom. The molecule has 0 aliphatic carbocycles. The van der Waals surface area contributed by atoms with Crippen molar-refractivity contribution in [1.82, 2.24) is 24.0 Å². The van der Waals surface area contributed by atoms with Crippen LogP contribution in [0, 0.1) is 11.6 Å². The van der Waals surface area contributed by atoms with E-state index in [1.54, 1.807) is 46.9 Å². The van der Waals surface area contributed by atoms with E-state index in [-0.39, 0.29) is 65.0 Å². The third-order valence-electron chi connectivity index (χ3n) is 8.19. The highest BCUT2D eigenvalue weighted by Gasteiger charge is 2.40. The zero-order chi connectivity index (χ0) is 32.4. The summed E-state index contributed by atoms with van der Waals surface area (Å²) in [6.07, 6.45) is 0.979. The predicted molar refractivity (Wildman–Crippen MR) is 162 cm³/mol. The second-order valence-electron chi connectivity index (χ2n) is 11.1. The Kier molecular flexibility index (Phi) is 7.92. The highest BCUT2D eigenvalue weighted by Crippen LogP contribution is 2.50. The van der Waals surface area contributed by atoms with Crippen molar-refractivity contribution < 1.29 is 26.7 Å². The number of carbonyl (C=O) groups is 1. The normalized spacial score (nSPS) is 20.4. The van der Waals surface area contributed by atoms with Crippen molar-refractivity contribution in [3.8, 4) is 11.1 Å². The van der Waals surface area contributed by atoms with Gasteiger partial charge in [-0.25, -0.2) is 18.6 Å². The Morgan fingerprint density at radius 3 is 2.44 bits per heavy atom. The van der Waals surface area contributed by atoms with E-state index >= 15 is 4.39 Å². The van der Waals surface area contributed by atoms with Crippen molar-refractivity contribution in [2.75, 3.05) is 23.7 Å². The third-order valence-corrected chi connectivity index (χ3v) is 9.72. The Labute approximate surface area is 263 Å². The van der Waals surface area contributed by atoms with E-state index in [0.717, 1.165) is 23.9 Å². The van der Waals surface area contributed by atoms with Crippen molar-refractivity contribution in [3.63, 3.8) is 0 Å². The largest absolute Gasteiger partial charge is 0.417 e. The van der Waals surface area contributed by atoms with E-state index in [1.807, 2.05) is 0 Å². The van der Waals surface area contributed by atoms with Crippen LogP contribution in [-0.4, -0.2) is 60.8 Å². The SMILES string of the molecule is C=CC(=O)N1[C@H](C)CN(c2nc(=O)n3c4c(c(-c5cc(Cl)c(F)cc5F)c(C(F)(F)F)cc24)SCC(n2ccnc2)C3)C[C@@H]1C. The van der Waals surface area contributed by atoms with Crippen LogP contribution in [0.2, 0.25) is 5.02 Å². The number of amides is 1. The van der Waals surface area contributed by atoms with Gasteiger partial charge in [0.25, 0.3) is 0 Å². The first kappa shape index (κ1) is 31.1. The van der Waals surface area contributed by atoms with Crippen molar-refractivity contribution in [2.45, 2.75) is 49.6 Å². The average Bonchev–Trinajstić information content (AvgIpc) is 3.43. The number of benzene rings is 2. The molecule has 2 aromatic carbocycles. The Morgan fingerprint density at radius 2 is 1.82 bits per heavy atom. The number of hydrogen-bond donors (Lipinski definition) is 0. The first-order valence-corrected chi connectivity index (χ1v) is 15.3. The topological polar surface area (TPSA) is 76.3 Å². The molecule has 1 unspecified atom stereocenters. The molecule has 1 amide bonds. The molecule has 0 N–H and O–H groups in total. The summed E-state index contributed by atoms with van der Waals surface area (Å²) < 4.78 is 77.5. The molecule has 0 saturated carbocycles. The molecule has 236 valence electrons. The van der Waals surface area contributed by atoms with E-state index in [0.29, 0.717) is 6.07 Å². The molecule has 2 aliphatic heterocycles. The Bertz CT molecular complexity index is 1880. The summed E-state index contributed by atoms with van der Waals surface area (Å²) in [6.45, 7) is 7.54. The number of imidazole rings is 1. The van der Waals surface area contributed by atoms with Gasteiger partial charge in [0.15, 0.2) is 0 Å². The van der Waals surface area contributed by atoms with Crippen LogP contribution < -0.4 is 10.6 Å². The lowest BCUT2D eigenvalue weighted by Gasteiger charge is -2.44. The molecule has 0 radical (unpaired) electrons. The van der Waals surface area contributed by atoms with Gasteiger partial charge in [0.2, 0.25) is 5.91 Å². The molecule has 0 spiro atoms. The summed E-state index contributed by atoms with van der Waals surface area (Å²) in [4.78, 5) is 38.0. The number of anilines is 1. The van der Waals surface area contributed by atoms with Crippen molar-refractivity contribution >= 4 is 46.0 Å². The summed E-state index contributed by atoms with van der Waals surface area (Å²) >= 11 is 6.99. The molecule has 1 fully saturated rings. The summed E-state index contributed by atoms with van der Waals surface area (Å²) in [6, 6.07) is 0.966. The molecule has 8 nitrogen and oxygen atoms in total. The van der Waals surface area contributed by atoms with Gasteiger partial charge in [0.05, 0.1) is 28.5 Å².